The molecule has 0 atom stereocenters. The van der Waals surface area contributed by atoms with Gasteiger partial charge in [0.2, 0.25) is 5.91 Å². The summed E-state index contributed by atoms with van der Waals surface area (Å²) < 4.78 is 10.5. The Labute approximate surface area is 156 Å². The van der Waals surface area contributed by atoms with Crippen LogP contribution >= 0.6 is 0 Å². The Kier molecular flexibility index (Phi) is 5.45. The average molecular weight is 367 g/mol. The molecule has 0 saturated carbocycles. The molecule has 2 aromatic carbocycles. The molecule has 0 saturated heterocycles. The Morgan fingerprint density at radius 1 is 1.22 bits per heavy atom. The smallest absolute Gasteiger partial charge is 0.339 e. The molecule has 6 heteroatoms. The van der Waals surface area contributed by atoms with E-state index in [1.54, 1.807) is 19.2 Å². The monoisotopic (exact) mass is 367 g/mol. The largest absolute Gasteiger partial charge is 0.508 e. The molecule has 27 heavy (non-hydrogen) atoms. The number of aromatic hydroxyl groups is 1. The molecule has 3 rings (SSSR count). The molecule has 140 valence electrons. The average Bonchev–Trinajstić information content (AvgIpc) is 2.66. The third-order valence-corrected chi connectivity index (χ3v) is 4.54. The number of amides is 1. The number of carbonyl (C=O) groups excluding carboxylic acids is 1. The van der Waals surface area contributed by atoms with E-state index in [4.69, 9.17) is 9.15 Å². The van der Waals surface area contributed by atoms with Crippen molar-refractivity contribution < 1.29 is 19.1 Å². The van der Waals surface area contributed by atoms with Crippen molar-refractivity contribution in [1.82, 2.24) is 5.32 Å². The fourth-order valence-corrected chi connectivity index (χ4v) is 3.04. The van der Waals surface area contributed by atoms with Crippen LogP contribution in [0.2, 0.25) is 0 Å². The molecule has 0 aliphatic carbocycles. The number of aryl methyl sites for hydroxylation is 1. The summed E-state index contributed by atoms with van der Waals surface area (Å²) in [7, 11) is 1.59. The number of fused-ring (bicyclic) bond motifs is 1. The SMILES string of the molecule is COc1ccccc1CNC(=O)CCc1c(C)c2ccc(O)cc2oc1=O. The maximum Gasteiger partial charge on any atom is 0.339 e. The van der Waals surface area contributed by atoms with Gasteiger partial charge >= 0.3 is 5.63 Å². The zero-order chi connectivity index (χ0) is 19.4. The highest BCUT2D eigenvalue weighted by Crippen LogP contribution is 2.24. The van der Waals surface area contributed by atoms with Crippen LogP contribution in [0.1, 0.15) is 23.1 Å². The van der Waals surface area contributed by atoms with Crippen molar-refractivity contribution in [2.75, 3.05) is 7.11 Å². The summed E-state index contributed by atoms with van der Waals surface area (Å²) >= 11 is 0. The Balaban J connectivity index is 1.68. The van der Waals surface area contributed by atoms with Gasteiger partial charge in [-0.15, -0.1) is 0 Å². The van der Waals surface area contributed by atoms with Crippen molar-refractivity contribution in [3.8, 4) is 11.5 Å². The summed E-state index contributed by atoms with van der Waals surface area (Å²) in [6.07, 6.45) is 0.451. The van der Waals surface area contributed by atoms with Crippen LogP contribution in [0, 0.1) is 6.92 Å². The van der Waals surface area contributed by atoms with Crippen LogP contribution in [0.4, 0.5) is 0 Å². The Morgan fingerprint density at radius 3 is 2.78 bits per heavy atom. The quantitative estimate of drug-likeness (QED) is 0.654. The van der Waals surface area contributed by atoms with Crippen LogP contribution in [0.25, 0.3) is 11.0 Å². The van der Waals surface area contributed by atoms with Crippen molar-refractivity contribution >= 4 is 16.9 Å². The van der Waals surface area contributed by atoms with E-state index in [9.17, 15) is 14.7 Å². The van der Waals surface area contributed by atoms with Crippen molar-refractivity contribution in [3.05, 3.63) is 69.6 Å². The number of phenols is 1. The highest BCUT2D eigenvalue weighted by atomic mass is 16.5. The fourth-order valence-electron chi connectivity index (χ4n) is 3.04. The first kappa shape index (κ1) is 18.5. The second-order valence-electron chi connectivity index (χ2n) is 6.26. The van der Waals surface area contributed by atoms with E-state index in [1.165, 1.54) is 6.07 Å². The van der Waals surface area contributed by atoms with Gasteiger partial charge in [-0.05, 0) is 37.1 Å². The molecule has 0 unspecified atom stereocenters. The van der Waals surface area contributed by atoms with Gasteiger partial charge in [-0.2, -0.15) is 0 Å². The molecular formula is C21H21NO5. The highest BCUT2D eigenvalue weighted by molar-refractivity contribution is 5.82. The molecule has 0 aliphatic rings. The van der Waals surface area contributed by atoms with Gasteiger partial charge in [0.25, 0.3) is 0 Å². The van der Waals surface area contributed by atoms with Crippen molar-refractivity contribution in [2.24, 2.45) is 0 Å². The number of benzene rings is 2. The Bertz CT molecular complexity index is 1040. The minimum atomic E-state index is -0.483. The molecule has 0 spiro atoms. The molecule has 1 amide bonds. The van der Waals surface area contributed by atoms with Gasteiger partial charge in [-0.3, -0.25) is 4.79 Å². The van der Waals surface area contributed by atoms with Crippen LogP contribution in [-0.2, 0) is 17.8 Å². The van der Waals surface area contributed by atoms with Crippen LogP contribution in [-0.4, -0.2) is 18.1 Å². The van der Waals surface area contributed by atoms with Crippen LogP contribution in [0.5, 0.6) is 11.5 Å². The highest BCUT2D eigenvalue weighted by Gasteiger charge is 2.13. The number of para-hydroxylation sites is 1. The van der Waals surface area contributed by atoms with E-state index < -0.39 is 5.63 Å². The fraction of sp³-hybridized carbons (Fsp3) is 0.238. The number of carbonyl (C=O) groups is 1. The van der Waals surface area contributed by atoms with Gasteiger partial charge in [0.1, 0.15) is 17.1 Å². The van der Waals surface area contributed by atoms with Crippen molar-refractivity contribution in [1.29, 1.82) is 0 Å². The third kappa shape index (κ3) is 4.11. The van der Waals surface area contributed by atoms with Crippen LogP contribution in [0.3, 0.4) is 0 Å². The first-order valence-corrected chi connectivity index (χ1v) is 8.63. The standard InChI is InChI=1S/C21H21NO5/c1-13-16-8-7-15(23)11-19(16)27-21(25)17(13)9-10-20(24)22-12-14-5-3-4-6-18(14)26-2/h3-8,11,23H,9-10,12H2,1-2H3,(H,22,24). The summed E-state index contributed by atoms with van der Waals surface area (Å²) in [6, 6.07) is 12.1. The number of methoxy groups -OCH3 is 1. The van der Waals surface area contributed by atoms with Crippen LogP contribution in [0.15, 0.2) is 51.7 Å². The van der Waals surface area contributed by atoms with Gasteiger partial charge in [0.05, 0.1) is 7.11 Å². The van der Waals surface area contributed by atoms with E-state index in [-0.39, 0.29) is 24.5 Å². The lowest BCUT2D eigenvalue weighted by atomic mass is 10.0. The van der Waals surface area contributed by atoms with E-state index in [1.807, 2.05) is 31.2 Å². The molecule has 6 nitrogen and oxygen atoms in total. The van der Waals surface area contributed by atoms with E-state index in [2.05, 4.69) is 5.32 Å². The molecule has 0 aliphatic heterocycles. The lowest BCUT2D eigenvalue weighted by Gasteiger charge is -2.10. The summed E-state index contributed by atoms with van der Waals surface area (Å²) in [5, 5.41) is 13.1. The molecule has 2 N–H and O–H groups in total. The molecule has 1 aromatic heterocycles. The van der Waals surface area contributed by atoms with E-state index in [0.717, 1.165) is 16.5 Å². The molecule has 0 fully saturated rings. The number of hydrogen-bond acceptors (Lipinski definition) is 5. The molecular weight excluding hydrogens is 346 g/mol. The lowest BCUT2D eigenvalue weighted by molar-refractivity contribution is -0.121. The summed E-state index contributed by atoms with van der Waals surface area (Å²) in [5.41, 5.74) is 1.97. The normalized spacial score (nSPS) is 10.7. The molecule has 1 heterocycles. The van der Waals surface area contributed by atoms with Crippen LogP contribution < -0.4 is 15.7 Å². The number of hydrogen-bond donors (Lipinski definition) is 2. The maximum atomic E-state index is 12.2. The minimum absolute atomic E-state index is 0.0357. The molecule has 0 bridgehead atoms. The predicted octanol–water partition coefficient (Wildman–Crippen LogP) is 3.06. The zero-order valence-corrected chi connectivity index (χ0v) is 15.2. The first-order chi connectivity index (χ1) is 13.0. The van der Waals surface area contributed by atoms with Gasteiger partial charge in [0.15, 0.2) is 0 Å². The number of phenolic OH excluding ortho intramolecular Hbond substituents is 1. The third-order valence-electron chi connectivity index (χ3n) is 4.54. The van der Waals surface area contributed by atoms with E-state index in [0.29, 0.717) is 23.4 Å². The Morgan fingerprint density at radius 2 is 2.00 bits per heavy atom. The predicted molar refractivity (Wildman–Crippen MR) is 102 cm³/mol. The molecule has 3 aromatic rings. The number of nitrogens with one attached hydrogen (secondary N) is 1. The Hall–Kier alpha value is -3.28. The van der Waals surface area contributed by atoms with Crippen molar-refractivity contribution in [2.45, 2.75) is 26.3 Å². The molecule has 0 radical (unpaired) electrons. The number of rotatable bonds is 6. The number of ether oxygens (including phenoxy) is 1. The second kappa shape index (κ2) is 7.95. The summed E-state index contributed by atoms with van der Waals surface area (Å²) in [6.45, 7) is 2.17. The summed E-state index contributed by atoms with van der Waals surface area (Å²) in [4.78, 5) is 24.4. The summed E-state index contributed by atoms with van der Waals surface area (Å²) in [5.74, 6) is 0.589. The first-order valence-electron chi connectivity index (χ1n) is 8.63. The van der Waals surface area contributed by atoms with Crippen molar-refractivity contribution in [3.63, 3.8) is 0 Å². The maximum absolute atomic E-state index is 12.2. The van der Waals surface area contributed by atoms with Gasteiger partial charge in [0, 0.05) is 35.5 Å². The van der Waals surface area contributed by atoms with Gasteiger partial charge in [-0.1, -0.05) is 18.2 Å². The second-order valence-corrected chi connectivity index (χ2v) is 6.26. The zero-order valence-electron chi connectivity index (χ0n) is 15.2. The topological polar surface area (TPSA) is 88.8 Å². The van der Waals surface area contributed by atoms with Gasteiger partial charge in [-0.25, -0.2) is 4.79 Å². The lowest BCUT2D eigenvalue weighted by Crippen LogP contribution is -2.24. The van der Waals surface area contributed by atoms with Gasteiger partial charge < -0.3 is 19.6 Å². The minimum Gasteiger partial charge on any atom is -0.508 e. The van der Waals surface area contributed by atoms with E-state index >= 15 is 0 Å².